The molecular formula is C46H26N4S. The van der Waals surface area contributed by atoms with Crippen LogP contribution in [0, 0.1) is 0 Å². The number of benzene rings is 7. The average Bonchev–Trinajstić information content (AvgIpc) is 3.83. The first kappa shape index (κ1) is 27.3. The highest BCUT2D eigenvalue weighted by Crippen LogP contribution is 2.49. The van der Waals surface area contributed by atoms with Gasteiger partial charge >= 0.3 is 0 Å². The first-order chi connectivity index (χ1) is 25.3. The minimum Gasteiger partial charge on any atom is -0.309 e. The van der Waals surface area contributed by atoms with Gasteiger partial charge in [-0.15, -0.1) is 11.3 Å². The monoisotopic (exact) mass is 666 g/mol. The lowest BCUT2D eigenvalue weighted by atomic mass is 9.94. The fourth-order valence-electron chi connectivity index (χ4n) is 8.77. The molecule has 5 heterocycles. The zero-order valence-corrected chi connectivity index (χ0v) is 28.0. The van der Waals surface area contributed by atoms with E-state index in [1.165, 1.54) is 91.2 Å². The predicted octanol–water partition coefficient (Wildman–Crippen LogP) is 12.4. The van der Waals surface area contributed by atoms with Crippen molar-refractivity contribution in [1.29, 1.82) is 0 Å². The molecule has 0 aliphatic heterocycles. The van der Waals surface area contributed by atoms with E-state index < -0.39 is 0 Å². The Morgan fingerprint density at radius 2 is 1.18 bits per heavy atom. The third-order valence-corrected chi connectivity index (χ3v) is 11.9. The second-order valence-corrected chi connectivity index (χ2v) is 14.4. The first-order valence-electron chi connectivity index (χ1n) is 17.2. The average molecular weight is 667 g/mol. The molecule has 0 spiro atoms. The third kappa shape index (κ3) is 3.58. The van der Waals surface area contributed by atoms with Crippen LogP contribution in [0.2, 0.25) is 0 Å². The maximum Gasteiger partial charge on any atom is 0.159 e. The fraction of sp³-hybridized carbons (Fsp3) is 0. The second kappa shape index (κ2) is 10.0. The Morgan fingerprint density at radius 3 is 2.08 bits per heavy atom. The van der Waals surface area contributed by atoms with Crippen molar-refractivity contribution in [3.05, 3.63) is 158 Å². The van der Waals surface area contributed by atoms with E-state index in [2.05, 4.69) is 158 Å². The molecule has 0 aliphatic carbocycles. The van der Waals surface area contributed by atoms with E-state index in [1.54, 1.807) is 0 Å². The molecule has 0 saturated heterocycles. The Balaban J connectivity index is 1.31. The van der Waals surface area contributed by atoms with E-state index in [4.69, 9.17) is 0 Å². The van der Waals surface area contributed by atoms with Crippen LogP contribution in [0.25, 0.3) is 108 Å². The summed E-state index contributed by atoms with van der Waals surface area (Å²) in [5.74, 6) is 0.740. The van der Waals surface area contributed by atoms with Crippen LogP contribution < -0.4 is 0 Å². The summed E-state index contributed by atoms with van der Waals surface area (Å²) >= 11 is 1.84. The van der Waals surface area contributed by atoms with Crippen molar-refractivity contribution in [2.24, 2.45) is 0 Å². The van der Waals surface area contributed by atoms with Gasteiger partial charge in [-0.3, -0.25) is 0 Å². The Morgan fingerprint density at radius 1 is 0.431 bits per heavy atom. The minimum atomic E-state index is 0.740. The quantitative estimate of drug-likeness (QED) is 0.188. The van der Waals surface area contributed by atoms with E-state index in [1.807, 2.05) is 29.8 Å². The fourth-order valence-corrected chi connectivity index (χ4v) is 9.88. The second-order valence-electron chi connectivity index (χ2n) is 13.3. The van der Waals surface area contributed by atoms with Gasteiger partial charge in [0.2, 0.25) is 0 Å². The molecule has 0 fully saturated rings. The van der Waals surface area contributed by atoms with E-state index in [0.29, 0.717) is 0 Å². The molecule has 0 saturated carbocycles. The largest absolute Gasteiger partial charge is 0.309 e. The van der Waals surface area contributed by atoms with Crippen molar-refractivity contribution in [2.75, 3.05) is 0 Å². The van der Waals surface area contributed by atoms with Gasteiger partial charge in [0.1, 0.15) is 0 Å². The summed E-state index contributed by atoms with van der Waals surface area (Å²) in [5.41, 5.74) is 10.8. The maximum absolute atomic E-state index is 4.58. The molecule has 0 atom stereocenters. The van der Waals surface area contributed by atoms with Crippen LogP contribution in [0.3, 0.4) is 0 Å². The molecule has 0 radical (unpaired) electrons. The highest BCUT2D eigenvalue weighted by atomic mass is 32.1. The Kier molecular flexibility index (Phi) is 5.35. The van der Waals surface area contributed by atoms with Crippen molar-refractivity contribution in [2.45, 2.75) is 0 Å². The summed E-state index contributed by atoms with van der Waals surface area (Å²) in [6, 6.07) is 53.4. The lowest BCUT2D eigenvalue weighted by Gasteiger charge is -2.14. The van der Waals surface area contributed by atoms with Gasteiger partial charge in [-0.2, -0.15) is 0 Å². The number of fused-ring (bicyclic) bond motifs is 8. The van der Waals surface area contributed by atoms with Gasteiger partial charge in [-0.05, 0) is 71.6 Å². The summed E-state index contributed by atoms with van der Waals surface area (Å²) in [7, 11) is 0. The number of rotatable bonds is 3. The molecule has 5 heteroatoms. The van der Waals surface area contributed by atoms with Crippen molar-refractivity contribution in [1.82, 2.24) is 18.9 Å². The maximum atomic E-state index is 4.58. The minimum absolute atomic E-state index is 0.740. The first-order valence-corrected chi connectivity index (χ1v) is 18.1. The molecule has 5 aromatic heterocycles. The van der Waals surface area contributed by atoms with Gasteiger partial charge < -0.3 is 8.97 Å². The van der Waals surface area contributed by atoms with E-state index >= 15 is 0 Å². The smallest absolute Gasteiger partial charge is 0.159 e. The lowest BCUT2D eigenvalue weighted by molar-refractivity contribution is 1.18. The van der Waals surface area contributed by atoms with Crippen LogP contribution in [0.15, 0.2) is 158 Å². The Bertz CT molecular complexity index is 3350. The van der Waals surface area contributed by atoms with Gasteiger partial charge in [0.15, 0.2) is 5.82 Å². The van der Waals surface area contributed by atoms with Crippen LogP contribution in [0.5, 0.6) is 0 Å². The molecule has 0 amide bonds. The SMILES string of the molecule is c1ccc(-n2c3cccc4c3c3c(ccc(-c5cccc6sc7ccc(-c8ncccn8)cc7c56)c32)c2cccc3c5ccccc5n4c23)cc1. The molecular weight excluding hydrogens is 641 g/mol. The zero-order valence-electron chi connectivity index (χ0n) is 27.2. The Hall–Kier alpha value is -6.56. The number of hydrogen-bond acceptors (Lipinski definition) is 3. The van der Waals surface area contributed by atoms with Gasteiger partial charge in [0, 0.05) is 76.3 Å². The van der Waals surface area contributed by atoms with E-state index in [9.17, 15) is 0 Å². The highest BCUT2D eigenvalue weighted by Gasteiger charge is 2.25. The summed E-state index contributed by atoms with van der Waals surface area (Å²) in [4.78, 5) is 9.16. The summed E-state index contributed by atoms with van der Waals surface area (Å²) in [6.07, 6.45) is 3.62. The number of aromatic nitrogens is 4. The highest BCUT2D eigenvalue weighted by molar-refractivity contribution is 7.26. The standard InChI is InChI=1S/C46H26N4S/c1-2-10-28(11-3-1)49-37-17-8-18-38-43(37)42-31(33-15-6-14-32-29-12-4-5-16-36(29)50(38)44(32)33)21-22-34(45(42)49)30-13-7-19-40-41(30)35-26-27(20-23-39(35)51-40)46-47-24-9-25-48-46/h1-26H. The summed E-state index contributed by atoms with van der Waals surface area (Å²) in [6.45, 7) is 0. The van der Waals surface area contributed by atoms with Crippen molar-refractivity contribution >= 4 is 91.4 Å². The van der Waals surface area contributed by atoms with Crippen molar-refractivity contribution < 1.29 is 0 Å². The molecule has 7 aromatic carbocycles. The topological polar surface area (TPSA) is 35.1 Å². The van der Waals surface area contributed by atoms with Crippen LogP contribution >= 0.6 is 11.3 Å². The normalized spacial score (nSPS) is 12.3. The molecule has 0 N–H and O–H groups in total. The van der Waals surface area contributed by atoms with Gasteiger partial charge in [-0.25, -0.2) is 9.97 Å². The molecule has 12 rings (SSSR count). The summed E-state index contributed by atoms with van der Waals surface area (Å²) < 4.78 is 7.54. The van der Waals surface area contributed by atoms with E-state index in [-0.39, 0.29) is 0 Å². The molecule has 0 bridgehead atoms. The van der Waals surface area contributed by atoms with Crippen LogP contribution in [-0.2, 0) is 0 Å². The predicted molar refractivity (Wildman–Crippen MR) is 215 cm³/mol. The molecule has 0 aliphatic rings. The van der Waals surface area contributed by atoms with Crippen molar-refractivity contribution in [3.63, 3.8) is 0 Å². The summed E-state index contributed by atoms with van der Waals surface area (Å²) in [5, 5.41) is 10.1. The molecule has 12 aromatic rings. The van der Waals surface area contributed by atoms with Gasteiger partial charge in [0.05, 0.1) is 27.6 Å². The molecule has 236 valence electrons. The Labute approximate surface area is 295 Å². The van der Waals surface area contributed by atoms with Crippen LogP contribution in [0.1, 0.15) is 0 Å². The van der Waals surface area contributed by atoms with Crippen LogP contribution in [0.4, 0.5) is 0 Å². The van der Waals surface area contributed by atoms with E-state index in [0.717, 1.165) is 17.1 Å². The van der Waals surface area contributed by atoms with Crippen LogP contribution in [-0.4, -0.2) is 18.9 Å². The number of nitrogens with zero attached hydrogens (tertiary/aromatic N) is 4. The molecule has 4 nitrogen and oxygen atoms in total. The zero-order chi connectivity index (χ0) is 33.2. The lowest BCUT2D eigenvalue weighted by Crippen LogP contribution is -1.96. The number of hydrogen-bond donors (Lipinski definition) is 0. The molecule has 51 heavy (non-hydrogen) atoms. The number of para-hydroxylation sites is 3. The van der Waals surface area contributed by atoms with Gasteiger partial charge in [-0.1, -0.05) is 84.9 Å². The van der Waals surface area contributed by atoms with Gasteiger partial charge in [0.25, 0.3) is 0 Å². The van der Waals surface area contributed by atoms with Crippen molar-refractivity contribution in [3.8, 4) is 28.2 Å². The third-order valence-electron chi connectivity index (χ3n) is 10.8. The molecule has 0 unspecified atom stereocenters. The number of thiophene rings is 1.